The molecule has 29 heavy (non-hydrogen) atoms. The molecule has 1 aromatic carbocycles. The van der Waals surface area contributed by atoms with Gasteiger partial charge in [0.25, 0.3) is 0 Å². The van der Waals surface area contributed by atoms with Gasteiger partial charge in [-0.15, -0.1) is 0 Å². The Morgan fingerprint density at radius 3 is 1.48 bits per heavy atom. The fraction of sp³-hybridized carbons (Fsp3) is 0.579. The first kappa shape index (κ1) is 24.8. The van der Waals surface area contributed by atoms with E-state index in [4.69, 9.17) is 5.11 Å². The predicted molar refractivity (Wildman–Crippen MR) is 92.0 cm³/mol. The summed E-state index contributed by atoms with van der Waals surface area (Å²) in [5.74, 6) is -25.8. The van der Waals surface area contributed by atoms with Crippen LogP contribution in [-0.2, 0) is 20.4 Å². The Morgan fingerprint density at radius 1 is 0.793 bits per heavy atom. The first-order valence-electron chi connectivity index (χ1n) is 8.42. The number of benzene rings is 1. The minimum absolute atomic E-state index is 0.197. The summed E-state index contributed by atoms with van der Waals surface area (Å²) >= 11 is 0. The summed E-state index contributed by atoms with van der Waals surface area (Å²) in [6, 6.07) is 4.38. The Labute approximate surface area is 163 Å². The molecule has 0 saturated heterocycles. The molecular weight excluding hydrogens is 406 g/mol. The van der Waals surface area contributed by atoms with Gasteiger partial charge in [0.1, 0.15) is 5.75 Å². The Bertz CT molecular complexity index is 772. The second-order valence-electron chi connectivity index (χ2n) is 8.60. The van der Waals surface area contributed by atoms with Crippen molar-refractivity contribution in [3.8, 4) is 5.75 Å². The van der Waals surface area contributed by atoms with E-state index < -0.39 is 46.3 Å². The standard InChI is InChI=1S/C19H22F6O4/c1-15(2,3)10-8-7-9-11(16(4,5)6)12(10)29-14(28)18(22,23)19(24,25)17(20,21)13(26)27/h7-9H,1-6H3,(H,26,27). The maximum Gasteiger partial charge on any atom is 0.411 e. The number of aliphatic carboxylic acids is 1. The van der Waals surface area contributed by atoms with Gasteiger partial charge in [-0.05, 0) is 10.8 Å². The first-order valence-corrected chi connectivity index (χ1v) is 8.42. The number of carbonyl (C=O) groups excluding carboxylic acids is 1. The van der Waals surface area contributed by atoms with E-state index in [9.17, 15) is 35.9 Å². The molecule has 0 aliphatic carbocycles. The quantitative estimate of drug-likeness (QED) is 0.399. The number of carboxylic acid groups (broad SMARTS) is 1. The second-order valence-corrected chi connectivity index (χ2v) is 8.60. The number of carbonyl (C=O) groups is 2. The summed E-state index contributed by atoms with van der Waals surface area (Å²) in [7, 11) is 0. The maximum atomic E-state index is 14.0. The first-order chi connectivity index (χ1) is 12.7. The third-order valence-corrected chi connectivity index (χ3v) is 4.14. The van der Waals surface area contributed by atoms with E-state index in [1.54, 1.807) is 47.6 Å². The zero-order valence-corrected chi connectivity index (χ0v) is 16.7. The molecule has 0 aliphatic rings. The van der Waals surface area contributed by atoms with Crippen LogP contribution in [0.25, 0.3) is 0 Å². The number of esters is 1. The highest BCUT2D eigenvalue weighted by atomic mass is 19.3. The minimum atomic E-state index is -6.53. The molecule has 1 rings (SSSR count). The number of ether oxygens (including phenoxy) is 1. The second kappa shape index (κ2) is 7.21. The molecule has 0 spiro atoms. The molecule has 1 aromatic rings. The van der Waals surface area contributed by atoms with Crippen LogP contribution in [0.2, 0.25) is 0 Å². The van der Waals surface area contributed by atoms with Gasteiger partial charge in [0.15, 0.2) is 0 Å². The summed E-state index contributed by atoms with van der Waals surface area (Å²) in [4.78, 5) is 22.3. The van der Waals surface area contributed by atoms with E-state index in [0.29, 0.717) is 0 Å². The Hall–Kier alpha value is -2.26. The molecule has 0 unspecified atom stereocenters. The van der Waals surface area contributed by atoms with Crippen LogP contribution in [-0.4, -0.2) is 34.8 Å². The topological polar surface area (TPSA) is 63.6 Å². The molecule has 0 aliphatic heterocycles. The van der Waals surface area contributed by atoms with Gasteiger partial charge in [-0.2, -0.15) is 26.3 Å². The summed E-state index contributed by atoms with van der Waals surface area (Å²) in [5.41, 5.74) is -1.19. The lowest BCUT2D eigenvalue weighted by molar-refractivity contribution is -0.297. The van der Waals surface area contributed by atoms with E-state index in [1.165, 1.54) is 12.1 Å². The predicted octanol–water partition coefficient (Wildman–Crippen LogP) is 5.18. The van der Waals surface area contributed by atoms with Crippen molar-refractivity contribution in [1.82, 2.24) is 0 Å². The van der Waals surface area contributed by atoms with Crippen LogP contribution < -0.4 is 4.74 Å². The Kier molecular flexibility index (Phi) is 6.16. The van der Waals surface area contributed by atoms with Crippen molar-refractivity contribution in [2.24, 2.45) is 0 Å². The van der Waals surface area contributed by atoms with Gasteiger partial charge in [0.05, 0.1) is 0 Å². The molecule has 164 valence electrons. The van der Waals surface area contributed by atoms with Crippen molar-refractivity contribution >= 4 is 11.9 Å². The number of para-hydroxylation sites is 1. The molecule has 0 bridgehead atoms. The number of carboxylic acids is 1. The molecule has 1 N–H and O–H groups in total. The van der Waals surface area contributed by atoms with E-state index in [1.807, 2.05) is 0 Å². The van der Waals surface area contributed by atoms with Crippen LogP contribution >= 0.6 is 0 Å². The monoisotopic (exact) mass is 428 g/mol. The van der Waals surface area contributed by atoms with Crippen molar-refractivity contribution in [2.45, 2.75) is 70.1 Å². The molecular formula is C19H22F6O4. The number of hydrogen-bond acceptors (Lipinski definition) is 3. The fourth-order valence-corrected chi connectivity index (χ4v) is 2.44. The summed E-state index contributed by atoms with van der Waals surface area (Å²) in [6.07, 6.45) is 0. The SMILES string of the molecule is CC(C)(C)c1cccc(C(C)(C)C)c1OC(=O)C(F)(F)C(F)(F)C(F)(F)C(=O)O. The van der Waals surface area contributed by atoms with Crippen LogP contribution in [0.1, 0.15) is 52.7 Å². The number of halogens is 6. The largest absolute Gasteiger partial charge is 0.477 e. The van der Waals surface area contributed by atoms with Crippen molar-refractivity contribution in [2.75, 3.05) is 0 Å². The molecule has 0 aromatic heterocycles. The molecule has 0 saturated carbocycles. The van der Waals surface area contributed by atoms with Crippen molar-refractivity contribution in [3.63, 3.8) is 0 Å². The summed E-state index contributed by atoms with van der Waals surface area (Å²) in [5, 5.41) is 8.20. The fourth-order valence-electron chi connectivity index (χ4n) is 2.44. The molecule has 0 amide bonds. The van der Waals surface area contributed by atoms with Gasteiger partial charge >= 0.3 is 29.7 Å². The lowest BCUT2D eigenvalue weighted by Gasteiger charge is -2.31. The zero-order chi connectivity index (χ0) is 23.2. The molecule has 10 heteroatoms. The maximum absolute atomic E-state index is 14.0. The van der Waals surface area contributed by atoms with Crippen LogP contribution in [0.3, 0.4) is 0 Å². The molecule has 0 atom stereocenters. The average molecular weight is 428 g/mol. The lowest BCUT2D eigenvalue weighted by atomic mass is 9.79. The number of hydrogen-bond donors (Lipinski definition) is 1. The molecule has 4 nitrogen and oxygen atoms in total. The van der Waals surface area contributed by atoms with E-state index in [-0.39, 0.29) is 11.1 Å². The van der Waals surface area contributed by atoms with Crippen LogP contribution in [0.15, 0.2) is 18.2 Å². The van der Waals surface area contributed by atoms with Crippen molar-refractivity contribution < 1.29 is 45.8 Å². The number of rotatable bonds is 5. The van der Waals surface area contributed by atoms with Gasteiger partial charge in [-0.25, -0.2) is 9.59 Å². The van der Waals surface area contributed by atoms with Crippen LogP contribution in [0.4, 0.5) is 26.3 Å². The van der Waals surface area contributed by atoms with Gasteiger partial charge < -0.3 is 9.84 Å². The van der Waals surface area contributed by atoms with E-state index in [2.05, 4.69) is 4.74 Å². The lowest BCUT2D eigenvalue weighted by Crippen LogP contribution is -2.61. The Morgan fingerprint density at radius 2 is 1.17 bits per heavy atom. The van der Waals surface area contributed by atoms with Gasteiger partial charge in [-0.1, -0.05) is 59.7 Å². The summed E-state index contributed by atoms with van der Waals surface area (Å²) < 4.78 is 86.4. The highest BCUT2D eigenvalue weighted by Crippen LogP contribution is 2.47. The smallest absolute Gasteiger partial charge is 0.411 e. The highest BCUT2D eigenvalue weighted by molar-refractivity contribution is 5.85. The van der Waals surface area contributed by atoms with E-state index >= 15 is 0 Å². The van der Waals surface area contributed by atoms with E-state index in [0.717, 1.165) is 0 Å². The zero-order valence-electron chi connectivity index (χ0n) is 16.7. The van der Waals surface area contributed by atoms with Gasteiger partial charge in [-0.3, -0.25) is 0 Å². The highest BCUT2D eigenvalue weighted by Gasteiger charge is 2.79. The molecule has 0 heterocycles. The van der Waals surface area contributed by atoms with Crippen LogP contribution in [0, 0.1) is 0 Å². The minimum Gasteiger partial charge on any atom is -0.477 e. The van der Waals surface area contributed by atoms with Crippen LogP contribution in [0.5, 0.6) is 5.75 Å². The Balaban J connectivity index is 3.58. The molecule has 0 fully saturated rings. The normalized spacial score (nSPS) is 13.9. The summed E-state index contributed by atoms with van der Waals surface area (Å²) in [6.45, 7) is 9.82. The number of alkyl halides is 6. The average Bonchev–Trinajstić information content (AvgIpc) is 2.52. The van der Waals surface area contributed by atoms with Gasteiger partial charge in [0, 0.05) is 11.1 Å². The molecule has 0 radical (unpaired) electrons. The van der Waals surface area contributed by atoms with Gasteiger partial charge in [0.2, 0.25) is 0 Å². The van der Waals surface area contributed by atoms with Crippen molar-refractivity contribution in [3.05, 3.63) is 29.3 Å². The third kappa shape index (κ3) is 4.35. The third-order valence-electron chi connectivity index (χ3n) is 4.14. The van der Waals surface area contributed by atoms with Crippen molar-refractivity contribution in [1.29, 1.82) is 0 Å².